The number of halogens is 1. The van der Waals surface area contributed by atoms with Crippen molar-refractivity contribution in [3.05, 3.63) is 34.9 Å². The van der Waals surface area contributed by atoms with Gasteiger partial charge in [-0.2, -0.15) is 0 Å². The van der Waals surface area contributed by atoms with Crippen LogP contribution < -0.4 is 5.32 Å². The third-order valence-electron chi connectivity index (χ3n) is 5.07. The third kappa shape index (κ3) is 1.73. The van der Waals surface area contributed by atoms with Gasteiger partial charge in [-0.15, -0.1) is 0 Å². The van der Waals surface area contributed by atoms with Crippen LogP contribution in [-0.2, 0) is 4.79 Å². The van der Waals surface area contributed by atoms with Gasteiger partial charge < -0.3 is 4.90 Å². The highest BCUT2D eigenvalue weighted by Crippen LogP contribution is 2.56. The van der Waals surface area contributed by atoms with E-state index in [1.54, 1.807) is 0 Å². The first-order valence-corrected chi connectivity index (χ1v) is 7.67. The average molecular weight is 291 g/mol. The zero-order valence-electron chi connectivity index (χ0n) is 11.8. The van der Waals surface area contributed by atoms with Gasteiger partial charge in [0, 0.05) is 11.1 Å². The van der Waals surface area contributed by atoms with E-state index in [1.807, 2.05) is 24.3 Å². The molecule has 0 aromatic heterocycles. The molecule has 106 valence electrons. The second kappa shape index (κ2) is 3.77. The molecule has 1 aromatic carbocycles. The summed E-state index contributed by atoms with van der Waals surface area (Å²) in [5.41, 5.74) is 1.13. The van der Waals surface area contributed by atoms with Crippen molar-refractivity contribution in [2.45, 2.75) is 50.9 Å². The van der Waals surface area contributed by atoms with E-state index in [0.29, 0.717) is 11.9 Å². The minimum absolute atomic E-state index is 0.00837. The van der Waals surface area contributed by atoms with Crippen LogP contribution in [0, 0.1) is 5.41 Å². The molecule has 4 rings (SSSR count). The molecule has 3 fully saturated rings. The molecule has 3 aliphatic rings. The molecular formula is C16H19ClN2O. The summed E-state index contributed by atoms with van der Waals surface area (Å²) < 4.78 is 0. The van der Waals surface area contributed by atoms with Crippen LogP contribution in [0.5, 0.6) is 0 Å². The maximum atomic E-state index is 12.7. The number of carbonyl (C=O) groups is 1. The molecule has 0 bridgehead atoms. The van der Waals surface area contributed by atoms with E-state index in [4.69, 9.17) is 11.6 Å². The molecule has 4 heteroatoms. The highest BCUT2D eigenvalue weighted by molar-refractivity contribution is 6.30. The quantitative estimate of drug-likeness (QED) is 0.908. The van der Waals surface area contributed by atoms with Gasteiger partial charge in [0.05, 0.1) is 0 Å². The molecule has 2 unspecified atom stereocenters. The lowest BCUT2D eigenvalue weighted by atomic mass is 10.1. The van der Waals surface area contributed by atoms with E-state index < -0.39 is 0 Å². The Bertz CT molecular complexity index is 577. The van der Waals surface area contributed by atoms with Gasteiger partial charge in [0.2, 0.25) is 5.91 Å². The second-order valence-electron chi connectivity index (χ2n) is 7.10. The summed E-state index contributed by atoms with van der Waals surface area (Å²) in [7, 11) is 0. The first-order valence-electron chi connectivity index (χ1n) is 7.29. The van der Waals surface area contributed by atoms with Crippen molar-refractivity contribution in [1.82, 2.24) is 10.2 Å². The van der Waals surface area contributed by atoms with Crippen molar-refractivity contribution < 1.29 is 4.79 Å². The third-order valence-corrected chi connectivity index (χ3v) is 5.32. The van der Waals surface area contributed by atoms with Crippen LogP contribution in [-0.4, -0.2) is 22.4 Å². The van der Waals surface area contributed by atoms with E-state index in [9.17, 15) is 4.79 Å². The van der Waals surface area contributed by atoms with Crippen LogP contribution in [0.15, 0.2) is 24.3 Å². The first kappa shape index (κ1) is 12.7. The van der Waals surface area contributed by atoms with E-state index in [1.165, 1.54) is 0 Å². The molecule has 1 aliphatic heterocycles. The van der Waals surface area contributed by atoms with Crippen LogP contribution in [0.3, 0.4) is 0 Å². The standard InChI is InChI=1S/C16H19ClN2O/c1-15(2)9-12(15)19-13(10-3-5-11(17)6-4-10)18-16(7-8-16)14(19)20/h3-6,12-13,18H,7-9H2,1-2H3. The Hall–Kier alpha value is -1.06. The van der Waals surface area contributed by atoms with Crippen molar-refractivity contribution in [2.24, 2.45) is 5.41 Å². The lowest BCUT2D eigenvalue weighted by Crippen LogP contribution is -2.35. The van der Waals surface area contributed by atoms with E-state index in [2.05, 4.69) is 24.1 Å². The van der Waals surface area contributed by atoms with Crippen LogP contribution in [0.4, 0.5) is 0 Å². The van der Waals surface area contributed by atoms with Gasteiger partial charge in [-0.05, 0) is 42.4 Å². The molecule has 20 heavy (non-hydrogen) atoms. The summed E-state index contributed by atoms with van der Waals surface area (Å²) in [5.74, 6) is 0.299. The van der Waals surface area contributed by atoms with Gasteiger partial charge in [0.1, 0.15) is 11.7 Å². The molecule has 2 saturated carbocycles. The minimum Gasteiger partial charge on any atom is -0.318 e. The SMILES string of the molecule is CC1(C)CC1N1C(=O)C2(CC2)NC1c1ccc(Cl)cc1. The Balaban J connectivity index is 1.70. The molecule has 1 N–H and O–H groups in total. The van der Waals surface area contributed by atoms with Crippen molar-refractivity contribution in [3.63, 3.8) is 0 Å². The fourth-order valence-corrected chi connectivity index (χ4v) is 3.49. The molecule has 2 atom stereocenters. The fourth-order valence-electron chi connectivity index (χ4n) is 3.37. The average Bonchev–Trinajstić information content (AvgIpc) is 3.26. The number of benzene rings is 1. The van der Waals surface area contributed by atoms with Crippen molar-refractivity contribution in [3.8, 4) is 0 Å². The van der Waals surface area contributed by atoms with Gasteiger partial charge in [0.25, 0.3) is 0 Å². The zero-order chi connectivity index (χ0) is 14.1. The molecular weight excluding hydrogens is 272 g/mol. The zero-order valence-corrected chi connectivity index (χ0v) is 12.6. The first-order chi connectivity index (χ1) is 9.43. The molecule has 1 aromatic rings. The number of carbonyl (C=O) groups excluding carboxylic acids is 1. The molecule has 0 radical (unpaired) electrons. The maximum absolute atomic E-state index is 12.7. The maximum Gasteiger partial charge on any atom is 0.244 e. The highest BCUT2D eigenvalue weighted by atomic mass is 35.5. The van der Waals surface area contributed by atoms with Gasteiger partial charge in [0.15, 0.2) is 0 Å². The Morgan fingerprint density at radius 2 is 1.85 bits per heavy atom. The molecule has 2 aliphatic carbocycles. The Labute approximate surface area is 124 Å². The predicted octanol–water partition coefficient (Wildman–Crippen LogP) is 3.10. The largest absolute Gasteiger partial charge is 0.318 e. The Morgan fingerprint density at radius 3 is 2.35 bits per heavy atom. The number of hydrogen-bond acceptors (Lipinski definition) is 2. The number of hydrogen-bond donors (Lipinski definition) is 1. The molecule has 1 saturated heterocycles. The number of nitrogens with one attached hydrogen (secondary N) is 1. The molecule has 1 heterocycles. The van der Waals surface area contributed by atoms with Crippen LogP contribution in [0.25, 0.3) is 0 Å². The summed E-state index contributed by atoms with van der Waals surface area (Å²) in [6.07, 6.45) is 3.05. The Kier molecular flexibility index (Phi) is 2.39. The van der Waals surface area contributed by atoms with Crippen molar-refractivity contribution in [2.75, 3.05) is 0 Å². The lowest BCUT2D eigenvalue weighted by molar-refractivity contribution is -0.131. The fraction of sp³-hybridized carbons (Fsp3) is 0.562. The topological polar surface area (TPSA) is 32.3 Å². The number of amides is 1. The highest BCUT2D eigenvalue weighted by Gasteiger charge is 2.65. The molecule has 1 amide bonds. The minimum atomic E-state index is -0.261. The van der Waals surface area contributed by atoms with Gasteiger partial charge in [-0.1, -0.05) is 37.6 Å². The van der Waals surface area contributed by atoms with E-state index >= 15 is 0 Å². The van der Waals surface area contributed by atoms with Crippen molar-refractivity contribution in [1.29, 1.82) is 0 Å². The van der Waals surface area contributed by atoms with E-state index in [0.717, 1.165) is 29.8 Å². The van der Waals surface area contributed by atoms with Crippen LogP contribution in [0.2, 0.25) is 5.02 Å². The summed E-state index contributed by atoms with van der Waals surface area (Å²) >= 11 is 5.97. The lowest BCUT2D eigenvalue weighted by Gasteiger charge is -2.26. The van der Waals surface area contributed by atoms with Crippen LogP contribution in [0.1, 0.15) is 44.8 Å². The number of rotatable bonds is 2. The summed E-state index contributed by atoms with van der Waals surface area (Å²) in [4.78, 5) is 14.8. The van der Waals surface area contributed by atoms with Gasteiger partial charge in [-0.3, -0.25) is 10.1 Å². The van der Waals surface area contributed by atoms with Gasteiger partial charge in [-0.25, -0.2) is 0 Å². The Morgan fingerprint density at radius 1 is 1.25 bits per heavy atom. The smallest absolute Gasteiger partial charge is 0.244 e. The summed E-state index contributed by atoms with van der Waals surface area (Å²) in [6.45, 7) is 4.48. The second-order valence-corrected chi connectivity index (χ2v) is 7.54. The van der Waals surface area contributed by atoms with E-state index in [-0.39, 0.29) is 17.1 Å². The summed E-state index contributed by atoms with van der Waals surface area (Å²) in [6, 6.07) is 8.21. The van der Waals surface area contributed by atoms with Crippen molar-refractivity contribution >= 4 is 17.5 Å². The molecule has 1 spiro atoms. The summed E-state index contributed by atoms with van der Waals surface area (Å²) in [5, 5.41) is 4.30. The molecule has 3 nitrogen and oxygen atoms in total. The predicted molar refractivity (Wildman–Crippen MR) is 78.3 cm³/mol. The van der Waals surface area contributed by atoms with Gasteiger partial charge >= 0.3 is 0 Å². The number of nitrogens with zero attached hydrogens (tertiary/aromatic N) is 1. The normalized spacial score (nSPS) is 32.8. The monoisotopic (exact) mass is 290 g/mol. The van der Waals surface area contributed by atoms with Crippen LogP contribution >= 0.6 is 11.6 Å².